The number of halogens is 1. The van der Waals surface area contributed by atoms with E-state index in [0.717, 1.165) is 21.4 Å². The van der Waals surface area contributed by atoms with E-state index in [-0.39, 0.29) is 5.41 Å². The predicted octanol–water partition coefficient (Wildman–Crippen LogP) is 4.57. The quantitative estimate of drug-likeness (QED) is 0.775. The molecule has 5 heteroatoms. The summed E-state index contributed by atoms with van der Waals surface area (Å²) in [5.74, 6) is 0.710. The fourth-order valence-corrected chi connectivity index (χ4v) is 2.74. The standard InChI is InChI=1S/C14H16BrN3S/c1-8-5-6-16-9(7-8)12-17-11(14(2,3)4)10(15)13(19)18-12/h5-7H,1-4H3,(H,17,18,19). The molecule has 0 radical (unpaired) electrons. The minimum absolute atomic E-state index is 0.0477. The number of aromatic nitrogens is 3. The smallest absolute Gasteiger partial charge is 0.157 e. The van der Waals surface area contributed by atoms with Crippen molar-refractivity contribution in [2.24, 2.45) is 0 Å². The van der Waals surface area contributed by atoms with Gasteiger partial charge >= 0.3 is 0 Å². The van der Waals surface area contributed by atoms with Crippen molar-refractivity contribution in [3.63, 3.8) is 0 Å². The van der Waals surface area contributed by atoms with Gasteiger partial charge in [0.2, 0.25) is 0 Å². The number of nitrogens with zero attached hydrogens (tertiary/aromatic N) is 2. The Bertz CT molecular complexity index is 671. The summed E-state index contributed by atoms with van der Waals surface area (Å²) in [4.78, 5) is 12.1. The Hall–Kier alpha value is -1.07. The molecule has 0 amide bonds. The largest absolute Gasteiger partial charge is 0.340 e. The molecule has 2 aromatic heterocycles. The van der Waals surface area contributed by atoms with E-state index < -0.39 is 0 Å². The monoisotopic (exact) mass is 337 g/mol. The molecule has 0 aliphatic heterocycles. The van der Waals surface area contributed by atoms with E-state index in [4.69, 9.17) is 12.2 Å². The van der Waals surface area contributed by atoms with E-state index in [1.54, 1.807) is 6.20 Å². The van der Waals surface area contributed by atoms with Crippen LogP contribution in [0.15, 0.2) is 22.8 Å². The zero-order valence-electron chi connectivity index (χ0n) is 11.4. The highest BCUT2D eigenvalue weighted by Crippen LogP contribution is 2.30. The Balaban J connectivity index is 2.67. The second-order valence-corrected chi connectivity index (χ2v) is 6.73. The van der Waals surface area contributed by atoms with Gasteiger partial charge in [-0.25, -0.2) is 4.98 Å². The molecule has 0 saturated carbocycles. The first kappa shape index (κ1) is 14.3. The summed E-state index contributed by atoms with van der Waals surface area (Å²) in [6.45, 7) is 8.42. The van der Waals surface area contributed by atoms with Crippen LogP contribution in [-0.4, -0.2) is 15.0 Å². The van der Waals surface area contributed by atoms with Gasteiger partial charge in [0.15, 0.2) is 5.82 Å². The van der Waals surface area contributed by atoms with Crippen molar-refractivity contribution >= 4 is 28.1 Å². The number of hydrogen-bond donors (Lipinski definition) is 1. The molecule has 2 aromatic rings. The van der Waals surface area contributed by atoms with Gasteiger partial charge in [0.25, 0.3) is 0 Å². The Morgan fingerprint density at radius 2 is 2.00 bits per heavy atom. The molecule has 0 atom stereocenters. The van der Waals surface area contributed by atoms with Crippen molar-refractivity contribution in [3.05, 3.63) is 38.7 Å². The second-order valence-electron chi connectivity index (χ2n) is 5.55. The summed E-state index contributed by atoms with van der Waals surface area (Å²) in [5.41, 5.74) is 2.94. The molecule has 3 nitrogen and oxygen atoms in total. The van der Waals surface area contributed by atoms with Crippen LogP contribution in [0.25, 0.3) is 11.5 Å². The average Bonchev–Trinajstić information content (AvgIpc) is 2.31. The van der Waals surface area contributed by atoms with Crippen LogP contribution in [-0.2, 0) is 5.41 Å². The van der Waals surface area contributed by atoms with E-state index in [9.17, 15) is 0 Å². The molecule has 0 fully saturated rings. The highest BCUT2D eigenvalue weighted by molar-refractivity contribution is 9.10. The molecule has 0 spiro atoms. The van der Waals surface area contributed by atoms with Crippen molar-refractivity contribution < 1.29 is 0 Å². The van der Waals surface area contributed by atoms with Gasteiger partial charge in [-0.2, -0.15) is 0 Å². The van der Waals surface area contributed by atoms with Crippen molar-refractivity contribution in [2.75, 3.05) is 0 Å². The number of H-pyrrole nitrogens is 1. The third-order valence-electron chi connectivity index (χ3n) is 2.77. The predicted molar refractivity (Wildman–Crippen MR) is 83.8 cm³/mol. The molecular formula is C14H16BrN3S. The topological polar surface area (TPSA) is 41.6 Å². The second kappa shape index (κ2) is 5.13. The lowest BCUT2D eigenvalue weighted by atomic mass is 9.92. The Labute approximate surface area is 126 Å². The molecular weight excluding hydrogens is 322 g/mol. The Kier molecular flexibility index (Phi) is 3.87. The van der Waals surface area contributed by atoms with Gasteiger partial charge in [-0.1, -0.05) is 33.0 Å². The van der Waals surface area contributed by atoms with Crippen LogP contribution in [0.4, 0.5) is 0 Å². The minimum Gasteiger partial charge on any atom is -0.340 e. The molecule has 2 rings (SSSR count). The van der Waals surface area contributed by atoms with E-state index in [1.807, 2.05) is 19.1 Å². The zero-order valence-corrected chi connectivity index (χ0v) is 13.8. The number of rotatable bonds is 1. The van der Waals surface area contributed by atoms with Crippen LogP contribution in [0.3, 0.4) is 0 Å². The third-order valence-corrected chi connectivity index (χ3v) is 4.10. The lowest BCUT2D eigenvalue weighted by molar-refractivity contribution is 0.563. The molecule has 0 aromatic carbocycles. The first-order valence-corrected chi connectivity index (χ1v) is 7.22. The van der Waals surface area contributed by atoms with E-state index in [0.29, 0.717) is 10.5 Å². The van der Waals surface area contributed by atoms with Crippen molar-refractivity contribution in [3.8, 4) is 11.5 Å². The third kappa shape index (κ3) is 3.09. The molecule has 0 bridgehead atoms. The van der Waals surface area contributed by atoms with Crippen LogP contribution in [0, 0.1) is 11.6 Å². The van der Waals surface area contributed by atoms with Crippen molar-refractivity contribution in [1.29, 1.82) is 0 Å². The van der Waals surface area contributed by atoms with Crippen LogP contribution < -0.4 is 0 Å². The molecule has 0 aliphatic rings. The summed E-state index contributed by atoms with van der Waals surface area (Å²) in [6.07, 6.45) is 1.78. The maximum atomic E-state index is 5.32. The van der Waals surface area contributed by atoms with Gasteiger partial charge in [-0.3, -0.25) is 4.98 Å². The summed E-state index contributed by atoms with van der Waals surface area (Å²) in [6, 6.07) is 3.95. The van der Waals surface area contributed by atoms with Crippen LogP contribution in [0.1, 0.15) is 32.0 Å². The number of hydrogen-bond acceptors (Lipinski definition) is 3. The van der Waals surface area contributed by atoms with Gasteiger partial charge in [-0.15, -0.1) is 0 Å². The van der Waals surface area contributed by atoms with Gasteiger partial charge in [0.1, 0.15) is 10.3 Å². The van der Waals surface area contributed by atoms with Gasteiger partial charge in [-0.05, 0) is 40.5 Å². The van der Waals surface area contributed by atoms with Crippen LogP contribution in [0.2, 0.25) is 0 Å². The summed E-state index contributed by atoms with van der Waals surface area (Å²) in [5, 5.41) is 0. The van der Waals surface area contributed by atoms with Crippen LogP contribution >= 0.6 is 28.1 Å². The first-order chi connectivity index (χ1) is 8.79. The minimum atomic E-state index is -0.0477. The highest BCUT2D eigenvalue weighted by Gasteiger charge is 2.20. The van der Waals surface area contributed by atoms with Gasteiger partial charge < -0.3 is 4.98 Å². The molecule has 19 heavy (non-hydrogen) atoms. The number of aromatic amines is 1. The molecule has 0 aliphatic carbocycles. The Morgan fingerprint density at radius 1 is 1.32 bits per heavy atom. The Morgan fingerprint density at radius 3 is 2.58 bits per heavy atom. The zero-order chi connectivity index (χ0) is 14.2. The lowest BCUT2D eigenvalue weighted by Crippen LogP contribution is -2.16. The molecule has 2 heterocycles. The normalized spacial score (nSPS) is 11.6. The fourth-order valence-electron chi connectivity index (χ4n) is 1.76. The number of nitrogens with one attached hydrogen (secondary N) is 1. The molecule has 0 saturated heterocycles. The molecule has 100 valence electrons. The van der Waals surface area contributed by atoms with E-state index >= 15 is 0 Å². The molecule has 1 N–H and O–H groups in total. The van der Waals surface area contributed by atoms with Gasteiger partial charge in [0, 0.05) is 17.3 Å². The van der Waals surface area contributed by atoms with Crippen molar-refractivity contribution in [1.82, 2.24) is 15.0 Å². The van der Waals surface area contributed by atoms with E-state index in [1.165, 1.54) is 0 Å². The maximum absolute atomic E-state index is 5.32. The summed E-state index contributed by atoms with van der Waals surface area (Å²) >= 11 is 8.84. The highest BCUT2D eigenvalue weighted by atomic mass is 79.9. The van der Waals surface area contributed by atoms with Crippen LogP contribution in [0.5, 0.6) is 0 Å². The fraction of sp³-hybridized carbons (Fsp3) is 0.357. The van der Waals surface area contributed by atoms with Crippen molar-refractivity contribution in [2.45, 2.75) is 33.1 Å². The average molecular weight is 338 g/mol. The number of aryl methyl sites for hydroxylation is 1. The summed E-state index contributed by atoms with van der Waals surface area (Å²) < 4.78 is 1.41. The SMILES string of the molecule is Cc1ccnc(-c2nc(=S)c(Br)c(C(C)(C)C)[nH]2)c1. The first-order valence-electron chi connectivity index (χ1n) is 6.02. The summed E-state index contributed by atoms with van der Waals surface area (Å²) in [7, 11) is 0. The number of pyridine rings is 1. The maximum Gasteiger partial charge on any atom is 0.157 e. The lowest BCUT2D eigenvalue weighted by Gasteiger charge is -2.21. The van der Waals surface area contributed by atoms with E-state index in [2.05, 4.69) is 51.7 Å². The molecule has 0 unspecified atom stereocenters. The van der Waals surface area contributed by atoms with Gasteiger partial charge in [0.05, 0.1) is 4.47 Å².